The Hall–Kier alpha value is -2.77. The Kier molecular flexibility index (Phi) is 5.01. The van der Waals surface area contributed by atoms with Gasteiger partial charge in [-0.2, -0.15) is 4.98 Å². The fourth-order valence-corrected chi connectivity index (χ4v) is 2.95. The molecule has 2 heterocycles. The number of oxazole rings is 1. The number of carbonyl (C=O) groups excluding carboxylic acids is 2. The van der Waals surface area contributed by atoms with Gasteiger partial charge in [-0.25, -0.2) is 13.6 Å². The highest BCUT2D eigenvalue weighted by Gasteiger charge is 2.30. The van der Waals surface area contributed by atoms with Crippen molar-refractivity contribution >= 4 is 17.8 Å². The number of urea groups is 1. The number of likely N-dealkylation sites (tertiary alicyclic amines) is 1. The molecule has 2 amide bonds. The zero-order chi connectivity index (χ0) is 18.8. The van der Waals surface area contributed by atoms with E-state index in [4.69, 9.17) is 4.42 Å². The summed E-state index contributed by atoms with van der Waals surface area (Å²) in [5, 5.41) is 2.58. The molecular weight excluding hydrogens is 344 g/mol. The summed E-state index contributed by atoms with van der Waals surface area (Å²) in [6, 6.07) is 2.61. The fraction of sp³-hybridized carbons (Fsp3) is 0.389. The van der Waals surface area contributed by atoms with Crippen LogP contribution in [0.2, 0.25) is 0 Å². The number of benzene rings is 1. The Morgan fingerprint density at radius 2 is 1.92 bits per heavy atom. The average Bonchev–Trinajstić information content (AvgIpc) is 2.94. The lowest BCUT2D eigenvalue weighted by molar-refractivity contribution is 0.0854. The molecule has 1 fully saturated rings. The maximum Gasteiger partial charge on any atom is 0.325 e. The highest BCUT2D eigenvalue weighted by atomic mass is 19.1. The van der Waals surface area contributed by atoms with Gasteiger partial charge < -0.3 is 9.32 Å². The topological polar surface area (TPSA) is 75.4 Å². The van der Waals surface area contributed by atoms with Crippen LogP contribution in [0.1, 0.15) is 34.7 Å². The predicted octanol–water partition coefficient (Wildman–Crippen LogP) is 3.70. The molecule has 0 bridgehead atoms. The van der Waals surface area contributed by atoms with Crippen molar-refractivity contribution < 1.29 is 22.8 Å². The minimum Gasteiger partial charge on any atom is -0.428 e. The molecule has 1 saturated heterocycles. The second kappa shape index (κ2) is 7.23. The van der Waals surface area contributed by atoms with E-state index < -0.39 is 23.3 Å². The van der Waals surface area contributed by atoms with E-state index in [0.29, 0.717) is 37.4 Å². The molecule has 1 aromatic carbocycles. The molecule has 1 aliphatic heterocycles. The number of anilines is 1. The zero-order valence-electron chi connectivity index (χ0n) is 14.5. The van der Waals surface area contributed by atoms with Gasteiger partial charge in [-0.05, 0) is 44.9 Å². The largest absolute Gasteiger partial charge is 0.428 e. The van der Waals surface area contributed by atoms with Gasteiger partial charge in [0, 0.05) is 19.0 Å². The molecule has 1 aromatic heterocycles. The third kappa shape index (κ3) is 3.74. The van der Waals surface area contributed by atoms with Crippen LogP contribution in [0.25, 0.3) is 0 Å². The number of nitrogens with one attached hydrogen (secondary N) is 1. The van der Waals surface area contributed by atoms with Gasteiger partial charge in [0.2, 0.25) is 0 Å². The first-order valence-electron chi connectivity index (χ1n) is 8.34. The number of ketones is 1. The molecule has 1 N–H and O–H groups in total. The number of aromatic nitrogens is 1. The van der Waals surface area contributed by atoms with E-state index in [2.05, 4.69) is 10.3 Å². The maximum absolute atomic E-state index is 13.8. The summed E-state index contributed by atoms with van der Waals surface area (Å²) in [7, 11) is 0. The van der Waals surface area contributed by atoms with Crippen LogP contribution < -0.4 is 5.32 Å². The molecule has 0 radical (unpaired) electrons. The molecule has 138 valence electrons. The van der Waals surface area contributed by atoms with Crippen molar-refractivity contribution in [3.63, 3.8) is 0 Å². The van der Waals surface area contributed by atoms with Crippen molar-refractivity contribution in [1.82, 2.24) is 9.88 Å². The first kappa shape index (κ1) is 18.0. The van der Waals surface area contributed by atoms with Crippen LogP contribution in [0.3, 0.4) is 0 Å². The number of hydrogen-bond acceptors (Lipinski definition) is 4. The fourth-order valence-electron chi connectivity index (χ4n) is 2.95. The number of halogens is 2. The summed E-state index contributed by atoms with van der Waals surface area (Å²) >= 11 is 0. The zero-order valence-corrected chi connectivity index (χ0v) is 14.5. The average molecular weight is 363 g/mol. The van der Waals surface area contributed by atoms with E-state index in [1.165, 1.54) is 0 Å². The molecule has 26 heavy (non-hydrogen) atoms. The normalized spacial score (nSPS) is 15.2. The lowest BCUT2D eigenvalue weighted by Gasteiger charge is -2.31. The Balaban J connectivity index is 1.59. The molecule has 8 heteroatoms. The lowest BCUT2D eigenvalue weighted by atomic mass is 9.88. The summed E-state index contributed by atoms with van der Waals surface area (Å²) in [5.41, 5.74) is 0.459. The maximum atomic E-state index is 13.8. The van der Waals surface area contributed by atoms with Crippen molar-refractivity contribution in [3.8, 4) is 0 Å². The molecular formula is C18H19F2N3O3. The molecule has 2 aromatic rings. The molecule has 0 saturated carbocycles. The third-order valence-corrected chi connectivity index (χ3v) is 4.59. The van der Waals surface area contributed by atoms with E-state index >= 15 is 0 Å². The van der Waals surface area contributed by atoms with Crippen LogP contribution in [-0.2, 0) is 0 Å². The number of Topliss-reactive ketones (excluding diaryl/α,β-unsaturated/α-hetero) is 1. The number of rotatable bonds is 3. The molecule has 6 nitrogen and oxygen atoms in total. The Morgan fingerprint density at radius 3 is 2.54 bits per heavy atom. The summed E-state index contributed by atoms with van der Waals surface area (Å²) < 4.78 is 32.4. The number of amides is 2. The van der Waals surface area contributed by atoms with Gasteiger partial charge in [-0.3, -0.25) is 10.1 Å². The van der Waals surface area contributed by atoms with Crippen LogP contribution in [0.5, 0.6) is 0 Å². The lowest BCUT2D eigenvalue weighted by Crippen LogP contribution is -2.42. The van der Waals surface area contributed by atoms with Crippen LogP contribution in [0.15, 0.2) is 22.6 Å². The summed E-state index contributed by atoms with van der Waals surface area (Å²) in [4.78, 5) is 30.3. The van der Waals surface area contributed by atoms with Gasteiger partial charge in [0.15, 0.2) is 5.78 Å². The van der Waals surface area contributed by atoms with Crippen molar-refractivity contribution in [1.29, 1.82) is 0 Å². The molecule has 3 rings (SSSR count). The quantitative estimate of drug-likeness (QED) is 0.844. The minimum atomic E-state index is -0.730. The molecule has 0 atom stereocenters. The second-order valence-electron chi connectivity index (χ2n) is 6.34. The van der Waals surface area contributed by atoms with E-state index in [0.717, 1.165) is 18.2 Å². The van der Waals surface area contributed by atoms with Gasteiger partial charge >= 0.3 is 12.0 Å². The van der Waals surface area contributed by atoms with Gasteiger partial charge in [0.05, 0.1) is 11.3 Å². The molecule has 0 unspecified atom stereocenters. The van der Waals surface area contributed by atoms with E-state index in [-0.39, 0.29) is 17.6 Å². The van der Waals surface area contributed by atoms with Crippen LogP contribution >= 0.6 is 0 Å². The van der Waals surface area contributed by atoms with Crippen molar-refractivity contribution in [3.05, 3.63) is 46.9 Å². The van der Waals surface area contributed by atoms with Gasteiger partial charge in [-0.1, -0.05) is 0 Å². The standard InChI is InChI=1S/C18H19F2N3O3/c1-10-11(2)26-17(21-10)22-18(25)23-7-5-12(6-8-23)16(24)14-9-13(19)3-4-15(14)20/h3-4,9,12H,5-8H2,1-2H3,(H,21,22,25). The number of aryl methyl sites for hydroxylation is 2. The highest BCUT2D eigenvalue weighted by molar-refractivity contribution is 5.98. The molecule has 0 spiro atoms. The molecule has 0 aliphatic carbocycles. The van der Waals surface area contributed by atoms with Crippen LogP contribution in [0, 0.1) is 31.4 Å². The molecule has 1 aliphatic rings. The van der Waals surface area contributed by atoms with Crippen molar-refractivity contribution in [2.24, 2.45) is 5.92 Å². The first-order chi connectivity index (χ1) is 12.3. The highest BCUT2D eigenvalue weighted by Crippen LogP contribution is 2.24. The minimum absolute atomic E-state index is 0.130. The predicted molar refractivity (Wildman–Crippen MR) is 90.0 cm³/mol. The number of piperidine rings is 1. The SMILES string of the molecule is Cc1nc(NC(=O)N2CCC(C(=O)c3cc(F)ccc3F)CC2)oc1C. The van der Waals surface area contributed by atoms with Gasteiger partial charge in [-0.15, -0.1) is 0 Å². The summed E-state index contributed by atoms with van der Waals surface area (Å²) in [6.45, 7) is 4.19. The number of nitrogens with zero attached hydrogens (tertiary/aromatic N) is 2. The monoisotopic (exact) mass is 363 g/mol. The van der Waals surface area contributed by atoms with Crippen LogP contribution in [0.4, 0.5) is 19.6 Å². The van der Waals surface area contributed by atoms with Gasteiger partial charge in [0.1, 0.15) is 17.4 Å². The van der Waals surface area contributed by atoms with Gasteiger partial charge in [0.25, 0.3) is 0 Å². The second-order valence-corrected chi connectivity index (χ2v) is 6.34. The van der Waals surface area contributed by atoms with Crippen LogP contribution in [-0.4, -0.2) is 34.8 Å². The number of hydrogen-bond donors (Lipinski definition) is 1. The van der Waals surface area contributed by atoms with E-state index in [1.54, 1.807) is 18.7 Å². The Labute approximate surface area is 149 Å². The van der Waals surface area contributed by atoms with E-state index in [9.17, 15) is 18.4 Å². The first-order valence-corrected chi connectivity index (χ1v) is 8.34. The smallest absolute Gasteiger partial charge is 0.325 e. The number of carbonyl (C=O) groups is 2. The third-order valence-electron chi connectivity index (χ3n) is 4.59. The summed E-state index contributed by atoms with van der Waals surface area (Å²) in [6.07, 6.45) is 0.762. The summed E-state index contributed by atoms with van der Waals surface area (Å²) in [5.74, 6) is -1.63. The van der Waals surface area contributed by atoms with Crippen molar-refractivity contribution in [2.45, 2.75) is 26.7 Å². The van der Waals surface area contributed by atoms with Crippen molar-refractivity contribution in [2.75, 3.05) is 18.4 Å². The Morgan fingerprint density at radius 1 is 1.23 bits per heavy atom. The Bertz CT molecular complexity index is 823. The van der Waals surface area contributed by atoms with E-state index in [1.807, 2.05) is 0 Å².